The van der Waals surface area contributed by atoms with E-state index in [9.17, 15) is 0 Å². The van der Waals surface area contributed by atoms with Gasteiger partial charge in [-0.05, 0) is 58.1 Å². The highest BCUT2D eigenvalue weighted by Gasteiger charge is 2.07. The first kappa shape index (κ1) is 11.2. The molecule has 0 spiro atoms. The van der Waals surface area contributed by atoms with Gasteiger partial charge >= 0.3 is 0 Å². The molecule has 16 heavy (non-hydrogen) atoms. The van der Waals surface area contributed by atoms with Gasteiger partial charge in [-0.25, -0.2) is 0 Å². The van der Waals surface area contributed by atoms with Gasteiger partial charge in [0.25, 0.3) is 0 Å². The van der Waals surface area contributed by atoms with E-state index in [1.54, 1.807) is 35.6 Å². The zero-order chi connectivity index (χ0) is 11.5. The molecular weight excluding hydrogens is 286 g/mol. The highest BCUT2D eigenvalue weighted by Crippen LogP contribution is 2.37. The topological polar surface area (TPSA) is 33.0 Å². The zero-order valence-electron chi connectivity index (χ0n) is 8.53. The monoisotopic (exact) mass is 293 g/mol. The lowest BCUT2D eigenvalue weighted by molar-refractivity contribution is 0.493. The largest absolute Gasteiger partial charge is 0.445 e. The Balaban J connectivity index is 2.21. The van der Waals surface area contributed by atoms with Crippen LogP contribution in [0.15, 0.2) is 34.1 Å². The third kappa shape index (κ3) is 2.26. The minimum absolute atomic E-state index is 0.633. The number of nitrogens with zero attached hydrogens (tertiary/aromatic N) is 1. The second-order valence-electron chi connectivity index (χ2n) is 3.26. The molecule has 0 amide bonds. The molecule has 0 aliphatic carbocycles. The average molecular weight is 294 g/mol. The lowest BCUT2D eigenvalue weighted by atomic mass is 10.2. The van der Waals surface area contributed by atoms with Gasteiger partial charge in [0, 0.05) is 0 Å². The van der Waals surface area contributed by atoms with Crippen LogP contribution < -0.4 is 4.74 Å². The van der Waals surface area contributed by atoms with Crippen molar-refractivity contribution in [1.29, 1.82) is 5.26 Å². The van der Waals surface area contributed by atoms with Crippen LogP contribution in [-0.2, 0) is 0 Å². The number of rotatable bonds is 2. The van der Waals surface area contributed by atoms with Gasteiger partial charge in [0.2, 0.25) is 0 Å². The third-order valence-corrected chi connectivity index (χ3v) is 4.28. The first-order chi connectivity index (χ1) is 7.70. The second-order valence-corrected chi connectivity index (χ2v) is 4.89. The molecule has 0 fully saturated rings. The molecule has 0 aliphatic heterocycles. The Labute approximate surface area is 106 Å². The van der Waals surface area contributed by atoms with Crippen molar-refractivity contribution in [1.82, 2.24) is 0 Å². The highest BCUT2D eigenvalue weighted by atomic mass is 79.9. The summed E-state index contributed by atoms with van der Waals surface area (Å²) in [4.78, 5) is 0. The maximum absolute atomic E-state index is 8.67. The number of thiophene rings is 1. The molecule has 4 heteroatoms. The van der Waals surface area contributed by atoms with Crippen molar-refractivity contribution in [3.05, 3.63) is 45.2 Å². The number of aryl methyl sites for hydroxylation is 1. The molecule has 2 aromatic rings. The second kappa shape index (κ2) is 4.69. The minimum atomic E-state index is 0.633. The Morgan fingerprint density at radius 2 is 2.00 bits per heavy atom. The third-order valence-electron chi connectivity index (χ3n) is 2.06. The molecule has 0 aliphatic rings. The van der Waals surface area contributed by atoms with Crippen LogP contribution >= 0.6 is 27.3 Å². The summed E-state index contributed by atoms with van der Waals surface area (Å²) in [6.45, 7) is 2.02. The molecule has 0 bridgehead atoms. The van der Waals surface area contributed by atoms with E-state index >= 15 is 0 Å². The first-order valence-electron chi connectivity index (χ1n) is 4.62. The van der Waals surface area contributed by atoms with Gasteiger partial charge in [0.15, 0.2) is 5.06 Å². The van der Waals surface area contributed by atoms with E-state index in [4.69, 9.17) is 10.00 Å². The first-order valence-corrected chi connectivity index (χ1v) is 6.29. The molecule has 2 rings (SSSR count). The molecule has 1 heterocycles. The fraction of sp³-hybridized carbons (Fsp3) is 0.0833. The predicted molar refractivity (Wildman–Crippen MR) is 68.0 cm³/mol. The Hall–Kier alpha value is -1.31. The fourth-order valence-corrected chi connectivity index (χ4v) is 2.62. The normalized spacial score (nSPS) is 9.81. The van der Waals surface area contributed by atoms with Crippen LogP contribution in [0.3, 0.4) is 0 Å². The Kier molecular flexibility index (Phi) is 3.28. The molecule has 80 valence electrons. The van der Waals surface area contributed by atoms with Gasteiger partial charge in [-0.1, -0.05) is 0 Å². The summed E-state index contributed by atoms with van der Waals surface area (Å²) in [5.41, 5.74) is 1.79. The van der Waals surface area contributed by atoms with Gasteiger partial charge in [-0.3, -0.25) is 0 Å². The summed E-state index contributed by atoms with van der Waals surface area (Å²) >= 11 is 5.02. The molecule has 1 aromatic heterocycles. The number of nitriles is 1. The summed E-state index contributed by atoms with van der Waals surface area (Å²) in [5.74, 6) is 0.738. The van der Waals surface area contributed by atoms with E-state index in [0.717, 1.165) is 20.8 Å². The van der Waals surface area contributed by atoms with Crippen molar-refractivity contribution in [3.8, 4) is 16.9 Å². The number of hydrogen-bond donors (Lipinski definition) is 0. The molecule has 0 atom stereocenters. The van der Waals surface area contributed by atoms with E-state index in [2.05, 4.69) is 22.0 Å². The van der Waals surface area contributed by atoms with Crippen LogP contribution in [-0.4, -0.2) is 0 Å². The summed E-state index contributed by atoms with van der Waals surface area (Å²) in [5, 5.41) is 11.5. The van der Waals surface area contributed by atoms with Crippen LogP contribution in [0.5, 0.6) is 10.8 Å². The number of hydrogen-bond acceptors (Lipinski definition) is 3. The van der Waals surface area contributed by atoms with E-state index in [0.29, 0.717) is 5.56 Å². The predicted octanol–water partition coefficient (Wildman–Crippen LogP) is 4.48. The van der Waals surface area contributed by atoms with E-state index in [1.807, 2.05) is 12.3 Å². The molecule has 0 N–H and O–H groups in total. The smallest absolute Gasteiger partial charge is 0.195 e. The fourth-order valence-electron chi connectivity index (χ4n) is 1.18. The number of benzene rings is 1. The van der Waals surface area contributed by atoms with Crippen molar-refractivity contribution in [2.24, 2.45) is 0 Å². The summed E-state index contributed by atoms with van der Waals surface area (Å²) in [6.07, 6.45) is 0. The van der Waals surface area contributed by atoms with Crippen molar-refractivity contribution in [2.45, 2.75) is 6.92 Å². The van der Waals surface area contributed by atoms with Crippen LogP contribution in [0.4, 0.5) is 0 Å². The van der Waals surface area contributed by atoms with Crippen LogP contribution in [0.1, 0.15) is 11.1 Å². The van der Waals surface area contributed by atoms with E-state index < -0.39 is 0 Å². The number of halogens is 1. The molecule has 1 aromatic carbocycles. The Morgan fingerprint density at radius 3 is 2.50 bits per heavy atom. The lowest BCUT2D eigenvalue weighted by Crippen LogP contribution is -1.82. The van der Waals surface area contributed by atoms with Crippen molar-refractivity contribution in [3.63, 3.8) is 0 Å². The minimum Gasteiger partial charge on any atom is -0.445 e. The molecular formula is C12H8BrNOS. The standard InChI is InChI=1S/C12H8BrNOS/c1-8-7-16-12(11(8)13)15-10-4-2-9(6-14)3-5-10/h2-5,7H,1H3. The average Bonchev–Trinajstić information content (AvgIpc) is 2.62. The molecule has 0 saturated heterocycles. The Morgan fingerprint density at radius 1 is 1.31 bits per heavy atom. The summed E-state index contributed by atoms with van der Waals surface area (Å²) in [7, 11) is 0. The summed E-state index contributed by atoms with van der Waals surface area (Å²) in [6, 6.07) is 9.13. The van der Waals surface area contributed by atoms with Crippen molar-refractivity contribution < 1.29 is 4.74 Å². The lowest BCUT2D eigenvalue weighted by Gasteiger charge is -2.03. The van der Waals surface area contributed by atoms with Gasteiger partial charge in [-0.2, -0.15) is 5.26 Å². The van der Waals surface area contributed by atoms with Crippen molar-refractivity contribution >= 4 is 27.3 Å². The van der Waals surface area contributed by atoms with Crippen molar-refractivity contribution in [2.75, 3.05) is 0 Å². The van der Waals surface area contributed by atoms with Gasteiger partial charge in [0.1, 0.15) is 5.75 Å². The highest BCUT2D eigenvalue weighted by molar-refractivity contribution is 9.10. The van der Waals surface area contributed by atoms with Crippen LogP contribution in [0, 0.1) is 18.3 Å². The molecule has 0 radical (unpaired) electrons. The zero-order valence-corrected chi connectivity index (χ0v) is 10.9. The van der Waals surface area contributed by atoms with Crippen LogP contribution in [0.2, 0.25) is 0 Å². The van der Waals surface area contributed by atoms with E-state index in [-0.39, 0.29) is 0 Å². The van der Waals surface area contributed by atoms with Gasteiger partial charge < -0.3 is 4.74 Å². The molecule has 2 nitrogen and oxygen atoms in total. The molecule has 0 saturated carbocycles. The van der Waals surface area contributed by atoms with Crippen LogP contribution in [0.25, 0.3) is 0 Å². The summed E-state index contributed by atoms with van der Waals surface area (Å²) < 4.78 is 6.68. The maximum Gasteiger partial charge on any atom is 0.195 e. The quantitative estimate of drug-likeness (QED) is 0.818. The SMILES string of the molecule is Cc1csc(Oc2ccc(C#N)cc2)c1Br. The number of ether oxygens (including phenoxy) is 1. The van der Waals surface area contributed by atoms with E-state index in [1.165, 1.54) is 0 Å². The van der Waals surface area contributed by atoms with Gasteiger partial charge in [0.05, 0.1) is 16.1 Å². The maximum atomic E-state index is 8.67. The Bertz CT molecular complexity index is 539. The van der Waals surface area contributed by atoms with Gasteiger partial charge in [-0.15, -0.1) is 11.3 Å². The molecule has 0 unspecified atom stereocenters.